The molecule has 1 saturated carbocycles. The molecule has 2 fully saturated rings. The van der Waals surface area contributed by atoms with E-state index in [0.717, 1.165) is 25.9 Å². The van der Waals surface area contributed by atoms with Crippen LogP contribution in [0.4, 0.5) is 4.79 Å². The van der Waals surface area contributed by atoms with E-state index in [9.17, 15) is 4.79 Å². The third-order valence-corrected chi connectivity index (χ3v) is 3.93. The van der Waals surface area contributed by atoms with Gasteiger partial charge in [-0.2, -0.15) is 0 Å². The van der Waals surface area contributed by atoms with Gasteiger partial charge in [0, 0.05) is 19.6 Å². The first kappa shape index (κ1) is 11.7. The number of rotatable bonds is 3. The first-order chi connectivity index (χ1) is 7.60. The molecule has 2 aliphatic rings. The van der Waals surface area contributed by atoms with E-state index in [1.54, 1.807) is 0 Å². The number of urea groups is 1. The van der Waals surface area contributed by atoms with Gasteiger partial charge < -0.3 is 16.0 Å². The Labute approximate surface area is 97.6 Å². The van der Waals surface area contributed by atoms with E-state index < -0.39 is 0 Å². The van der Waals surface area contributed by atoms with E-state index in [2.05, 4.69) is 19.2 Å². The second-order valence-electron chi connectivity index (χ2n) is 5.58. The van der Waals surface area contributed by atoms with Crippen molar-refractivity contribution in [3.63, 3.8) is 0 Å². The topological polar surface area (TPSA) is 58.4 Å². The molecular formula is C12H23N3O. The molecule has 2 unspecified atom stereocenters. The molecule has 0 aromatic rings. The molecule has 0 spiro atoms. The molecule has 1 heterocycles. The Morgan fingerprint density at radius 2 is 2.38 bits per heavy atom. The summed E-state index contributed by atoms with van der Waals surface area (Å²) in [6, 6.07) is 0.0846. The first-order valence-electron chi connectivity index (χ1n) is 6.35. The van der Waals surface area contributed by atoms with Gasteiger partial charge in [0.1, 0.15) is 0 Å². The van der Waals surface area contributed by atoms with Gasteiger partial charge >= 0.3 is 6.03 Å². The largest absolute Gasteiger partial charge is 0.338 e. The normalized spacial score (nSPS) is 32.5. The SMILES string of the molecule is CC(C)CNC(=O)N1CCCC2CC21CN. The van der Waals surface area contributed by atoms with Crippen LogP contribution in [-0.2, 0) is 0 Å². The molecular weight excluding hydrogens is 202 g/mol. The van der Waals surface area contributed by atoms with Crippen LogP contribution in [-0.4, -0.2) is 36.1 Å². The third kappa shape index (κ3) is 1.90. The van der Waals surface area contributed by atoms with E-state index >= 15 is 0 Å². The van der Waals surface area contributed by atoms with Crippen molar-refractivity contribution >= 4 is 6.03 Å². The lowest BCUT2D eigenvalue weighted by Crippen LogP contribution is -2.54. The Morgan fingerprint density at radius 1 is 1.62 bits per heavy atom. The minimum Gasteiger partial charge on any atom is -0.338 e. The molecule has 16 heavy (non-hydrogen) atoms. The molecule has 0 radical (unpaired) electrons. The van der Waals surface area contributed by atoms with Gasteiger partial charge in [0.05, 0.1) is 5.54 Å². The lowest BCUT2D eigenvalue weighted by molar-refractivity contribution is 0.143. The summed E-state index contributed by atoms with van der Waals surface area (Å²) in [5.41, 5.74) is 5.85. The van der Waals surface area contributed by atoms with Gasteiger partial charge in [-0.15, -0.1) is 0 Å². The number of carbonyl (C=O) groups excluding carboxylic acids is 1. The Hall–Kier alpha value is -0.770. The van der Waals surface area contributed by atoms with Crippen molar-refractivity contribution in [2.24, 2.45) is 17.6 Å². The lowest BCUT2D eigenvalue weighted by Gasteiger charge is -2.36. The van der Waals surface area contributed by atoms with Crippen molar-refractivity contribution in [1.29, 1.82) is 0 Å². The third-order valence-electron chi connectivity index (χ3n) is 3.93. The molecule has 2 atom stereocenters. The van der Waals surface area contributed by atoms with Crippen LogP contribution in [0.3, 0.4) is 0 Å². The average Bonchev–Trinajstić information content (AvgIpc) is 3.00. The number of carbonyl (C=O) groups is 1. The summed E-state index contributed by atoms with van der Waals surface area (Å²) in [4.78, 5) is 14.1. The molecule has 3 N–H and O–H groups in total. The minimum atomic E-state index is 0.0132. The van der Waals surface area contributed by atoms with Crippen LogP contribution in [0.1, 0.15) is 33.1 Å². The van der Waals surface area contributed by atoms with Crippen molar-refractivity contribution in [1.82, 2.24) is 10.2 Å². The number of fused-ring (bicyclic) bond motifs is 1. The van der Waals surface area contributed by atoms with Crippen LogP contribution in [0.25, 0.3) is 0 Å². The highest BCUT2D eigenvalue weighted by molar-refractivity contribution is 5.76. The Bertz CT molecular complexity index is 279. The molecule has 0 bridgehead atoms. The fraction of sp³-hybridized carbons (Fsp3) is 0.917. The van der Waals surface area contributed by atoms with Crippen molar-refractivity contribution < 1.29 is 4.79 Å². The molecule has 0 aromatic heterocycles. The van der Waals surface area contributed by atoms with Crippen LogP contribution >= 0.6 is 0 Å². The Kier molecular flexibility index (Phi) is 3.10. The zero-order chi connectivity index (χ0) is 11.8. The van der Waals surface area contributed by atoms with Crippen molar-refractivity contribution in [3.05, 3.63) is 0 Å². The second-order valence-corrected chi connectivity index (χ2v) is 5.58. The predicted octanol–water partition coefficient (Wildman–Crippen LogP) is 1.17. The quantitative estimate of drug-likeness (QED) is 0.757. The van der Waals surface area contributed by atoms with Gasteiger partial charge in [0.15, 0.2) is 0 Å². The summed E-state index contributed by atoms with van der Waals surface area (Å²) >= 11 is 0. The summed E-state index contributed by atoms with van der Waals surface area (Å²) < 4.78 is 0. The molecule has 4 nitrogen and oxygen atoms in total. The minimum absolute atomic E-state index is 0.0132. The monoisotopic (exact) mass is 225 g/mol. The molecule has 0 aromatic carbocycles. The maximum atomic E-state index is 12.1. The van der Waals surface area contributed by atoms with Crippen molar-refractivity contribution in [2.45, 2.75) is 38.6 Å². The Morgan fingerprint density at radius 3 is 3.00 bits per heavy atom. The number of hydrogen-bond acceptors (Lipinski definition) is 2. The molecule has 1 aliphatic heterocycles. The molecule has 4 heteroatoms. The predicted molar refractivity (Wildman–Crippen MR) is 64.1 cm³/mol. The first-order valence-corrected chi connectivity index (χ1v) is 6.35. The number of nitrogens with zero attached hydrogens (tertiary/aromatic N) is 1. The fourth-order valence-electron chi connectivity index (χ4n) is 2.84. The maximum absolute atomic E-state index is 12.1. The summed E-state index contributed by atoms with van der Waals surface area (Å²) in [6.45, 7) is 6.45. The average molecular weight is 225 g/mol. The van der Waals surface area contributed by atoms with E-state index in [-0.39, 0.29) is 11.6 Å². The van der Waals surface area contributed by atoms with Gasteiger partial charge in [-0.25, -0.2) is 4.79 Å². The van der Waals surface area contributed by atoms with E-state index in [1.807, 2.05) is 4.90 Å². The Balaban J connectivity index is 1.94. The number of likely N-dealkylation sites (tertiary alicyclic amines) is 1. The van der Waals surface area contributed by atoms with Crippen molar-refractivity contribution in [3.8, 4) is 0 Å². The van der Waals surface area contributed by atoms with Crippen LogP contribution in [0.15, 0.2) is 0 Å². The van der Waals surface area contributed by atoms with E-state index in [0.29, 0.717) is 18.4 Å². The number of amides is 2. The smallest absolute Gasteiger partial charge is 0.317 e. The summed E-state index contributed by atoms with van der Waals surface area (Å²) in [5, 5.41) is 3.00. The van der Waals surface area contributed by atoms with Crippen LogP contribution in [0.2, 0.25) is 0 Å². The highest BCUT2D eigenvalue weighted by atomic mass is 16.2. The van der Waals surface area contributed by atoms with Crippen LogP contribution in [0, 0.1) is 11.8 Å². The lowest BCUT2D eigenvalue weighted by atomic mass is 10.0. The van der Waals surface area contributed by atoms with Crippen LogP contribution in [0.5, 0.6) is 0 Å². The van der Waals surface area contributed by atoms with Gasteiger partial charge in [0.25, 0.3) is 0 Å². The molecule has 1 saturated heterocycles. The standard InChI is InChI=1S/C12H23N3O/c1-9(2)7-14-11(16)15-5-3-4-10-6-12(10,15)8-13/h9-10H,3-8,13H2,1-2H3,(H,14,16). The van der Waals surface area contributed by atoms with Gasteiger partial charge in [0.2, 0.25) is 0 Å². The molecule has 1 aliphatic carbocycles. The summed E-state index contributed by atoms with van der Waals surface area (Å²) in [6.07, 6.45) is 3.48. The highest BCUT2D eigenvalue weighted by Gasteiger charge is 2.59. The van der Waals surface area contributed by atoms with Crippen LogP contribution < -0.4 is 11.1 Å². The van der Waals surface area contributed by atoms with E-state index in [4.69, 9.17) is 5.73 Å². The van der Waals surface area contributed by atoms with Crippen molar-refractivity contribution in [2.75, 3.05) is 19.6 Å². The zero-order valence-electron chi connectivity index (χ0n) is 10.3. The van der Waals surface area contributed by atoms with E-state index in [1.165, 1.54) is 6.42 Å². The highest BCUT2D eigenvalue weighted by Crippen LogP contribution is 2.53. The number of nitrogens with one attached hydrogen (secondary N) is 1. The van der Waals surface area contributed by atoms with Gasteiger partial charge in [-0.3, -0.25) is 0 Å². The molecule has 2 rings (SSSR count). The second kappa shape index (κ2) is 4.24. The summed E-state index contributed by atoms with van der Waals surface area (Å²) in [7, 11) is 0. The van der Waals surface area contributed by atoms with Gasteiger partial charge in [-0.1, -0.05) is 13.8 Å². The fourth-order valence-corrected chi connectivity index (χ4v) is 2.84. The molecule has 2 amide bonds. The van der Waals surface area contributed by atoms with Gasteiger partial charge in [-0.05, 0) is 31.1 Å². The number of hydrogen-bond donors (Lipinski definition) is 2. The number of nitrogens with two attached hydrogens (primary N) is 1. The summed E-state index contributed by atoms with van der Waals surface area (Å²) in [5.74, 6) is 1.16. The number of piperidine rings is 1. The molecule has 92 valence electrons. The maximum Gasteiger partial charge on any atom is 0.317 e. The zero-order valence-corrected chi connectivity index (χ0v) is 10.3.